The Labute approximate surface area is 464 Å². The van der Waals surface area contributed by atoms with E-state index in [1.165, 1.54) is 57.8 Å². The number of carboxylic acids is 4. The summed E-state index contributed by atoms with van der Waals surface area (Å²) in [6.45, 7) is 6.62. The summed E-state index contributed by atoms with van der Waals surface area (Å²) >= 11 is 3.04. The Morgan fingerprint density at radius 1 is 0.416 bits per heavy atom. The molecule has 0 aliphatic heterocycles. The lowest BCUT2D eigenvalue weighted by molar-refractivity contribution is -0.145. The zero-order chi connectivity index (χ0) is 57.7. The number of hydrogen-bond acceptors (Lipinski definition) is 14. The SMILES string of the molecule is CCNC(=O)CC[C@H](CC(=O)CC[C@H](NC(=O)CCCCCCCCCCCCCCCCCCC(=O)O)C(=O)O)C(=O)O.CCOCCOCC(=O)CCCOCCOCC(=O)N[C@@H](CCCCNC(=O)CBr)C(=O)O. The van der Waals surface area contributed by atoms with Crippen LogP contribution in [0.2, 0.25) is 0 Å². The fourth-order valence-electron chi connectivity index (χ4n) is 7.66. The molecule has 0 aliphatic carbocycles. The van der Waals surface area contributed by atoms with Crippen LogP contribution in [0.5, 0.6) is 0 Å². The van der Waals surface area contributed by atoms with Crippen LogP contribution in [0.3, 0.4) is 0 Å². The maximum Gasteiger partial charge on any atom is 0.326 e. The number of alkyl halides is 1. The second-order valence-electron chi connectivity index (χ2n) is 18.8. The summed E-state index contributed by atoms with van der Waals surface area (Å²) in [5.74, 6) is -6.96. The van der Waals surface area contributed by atoms with Crippen molar-refractivity contribution in [2.24, 2.45) is 5.92 Å². The Hall–Kier alpha value is -4.58. The first-order valence-electron chi connectivity index (χ1n) is 27.9. The highest BCUT2D eigenvalue weighted by atomic mass is 79.9. The first kappa shape index (κ1) is 74.5. The number of ketones is 2. The van der Waals surface area contributed by atoms with Crippen LogP contribution in [0.25, 0.3) is 0 Å². The first-order chi connectivity index (χ1) is 37.0. The molecular weight excluding hydrogens is 1070 g/mol. The molecule has 0 spiro atoms. The number of unbranched alkanes of at least 4 members (excludes halogenated alkanes) is 16. The van der Waals surface area contributed by atoms with Crippen molar-refractivity contribution in [3.8, 4) is 0 Å². The first-order valence-corrected chi connectivity index (χ1v) is 29.0. The van der Waals surface area contributed by atoms with Crippen molar-refractivity contribution in [1.29, 1.82) is 0 Å². The van der Waals surface area contributed by atoms with Crippen LogP contribution in [0.15, 0.2) is 0 Å². The zero-order valence-electron chi connectivity index (χ0n) is 46.2. The van der Waals surface area contributed by atoms with Crippen molar-refractivity contribution in [3.05, 3.63) is 0 Å². The molecule has 0 aliphatic rings. The van der Waals surface area contributed by atoms with E-state index in [1.807, 2.05) is 6.92 Å². The second-order valence-corrected chi connectivity index (χ2v) is 19.4. The largest absolute Gasteiger partial charge is 0.481 e. The molecule has 0 aromatic rings. The van der Waals surface area contributed by atoms with Crippen molar-refractivity contribution in [2.45, 2.75) is 206 Å². The van der Waals surface area contributed by atoms with Gasteiger partial charge in [0.25, 0.3) is 0 Å². The van der Waals surface area contributed by atoms with Gasteiger partial charge in [-0.05, 0) is 65.2 Å². The van der Waals surface area contributed by atoms with Gasteiger partial charge in [-0.3, -0.25) is 38.4 Å². The van der Waals surface area contributed by atoms with E-state index in [9.17, 15) is 63.3 Å². The third-order valence-corrected chi connectivity index (χ3v) is 12.5. The minimum Gasteiger partial charge on any atom is -0.481 e. The van der Waals surface area contributed by atoms with Crippen LogP contribution in [-0.2, 0) is 66.9 Å². The quantitative estimate of drug-likeness (QED) is 0.0232. The van der Waals surface area contributed by atoms with Gasteiger partial charge in [0, 0.05) is 64.8 Å². The number of Topliss-reactive ketones (excluding diaryl/α,β-unsaturated/α-hetero) is 2. The van der Waals surface area contributed by atoms with Crippen LogP contribution < -0.4 is 21.3 Å². The van der Waals surface area contributed by atoms with Crippen LogP contribution in [0.4, 0.5) is 0 Å². The number of hydrogen-bond donors (Lipinski definition) is 8. The maximum atomic E-state index is 12.3. The standard InChI is InChI=1S/C33H58N2O9.C21H37BrN2O9/c1-2-34-29(37)24-21-26(32(41)42)25-27(36)22-23-28(33(43)44)35-30(38)19-17-15-13-11-9-7-5-3-4-6-8-10-12-14-16-18-20-31(39)40;1-2-30-10-12-32-15-17(25)6-5-9-31-11-13-33-16-20(27)24-18(21(28)29)7-3-4-8-23-19(26)14-22/h26,28H,2-25H2,1H3,(H,34,37)(H,35,38)(H,39,40)(H,41,42)(H,43,44);18H,2-16H2,1H3,(H,23,26)(H,24,27)(H,28,29)/t26-,28+;18-/m10/s1. The highest BCUT2D eigenvalue weighted by Gasteiger charge is 2.25. The molecule has 8 N–H and O–H groups in total. The average Bonchev–Trinajstić information content (AvgIpc) is 3.38. The Kier molecular flexibility index (Phi) is 51.7. The fourth-order valence-corrected chi connectivity index (χ4v) is 7.86. The molecule has 3 atom stereocenters. The number of carboxylic acid groups (broad SMARTS) is 4. The van der Waals surface area contributed by atoms with Gasteiger partial charge in [0.15, 0.2) is 5.78 Å². The summed E-state index contributed by atoms with van der Waals surface area (Å²) in [6.07, 6.45) is 20.0. The number of carbonyl (C=O) groups excluding carboxylic acids is 6. The second kappa shape index (κ2) is 53.4. The molecule has 4 amide bonds. The summed E-state index contributed by atoms with van der Waals surface area (Å²) in [6, 6.07) is -2.22. The molecule has 446 valence electrons. The predicted octanol–water partition coefficient (Wildman–Crippen LogP) is 6.69. The average molecular weight is 1170 g/mol. The lowest BCUT2D eigenvalue weighted by Gasteiger charge is -2.15. The lowest BCUT2D eigenvalue weighted by Crippen LogP contribution is -2.42. The predicted molar refractivity (Wildman–Crippen MR) is 292 cm³/mol. The van der Waals surface area contributed by atoms with Crippen LogP contribution in [-0.4, -0.2) is 163 Å². The molecule has 0 saturated heterocycles. The van der Waals surface area contributed by atoms with Gasteiger partial charge < -0.3 is 60.6 Å². The van der Waals surface area contributed by atoms with Crippen molar-refractivity contribution in [3.63, 3.8) is 0 Å². The Bertz CT molecular complexity index is 1640. The van der Waals surface area contributed by atoms with Crippen LogP contribution >= 0.6 is 15.9 Å². The summed E-state index contributed by atoms with van der Waals surface area (Å²) in [7, 11) is 0. The number of nitrogens with one attached hydrogen (secondary N) is 4. The Morgan fingerprint density at radius 3 is 1.44 bits per heavy atom. The minimum atomic E-state index is -1.23. The normalized spacial score (nSPS) is 12.0. The van der Waals surface area contributed by atoms with Crippen molar-refractivity contribution in [2.75, 3.05) is 71.3 Å². The van der Waals surface area contributed by atoms with Gasteiger partial charge in [-0.25, -0.2) is 9.59 Å². The van der Waals surface area contributed by atoms with Crippen LogP contribution in [0.1, 0.15) is 194 Å². The Morgan fingerprint density at radius 2 is 0.922 bits per heavy atom. The monoisotopic (exact) mass is 1170 g/mol. The molecule has 0 aromatic carbocycles. The van der Waals surface area contributed by atoms with Gasteiger partial charge in [0.05, 0.1) is 37.7 Å². The van der Waals surface area contributed by atoms with E-state index >= 15 is 0 Å². The van der Waals surface area contributed by atoms with Gasteiger partial charge >= 0.3 is 23.9 Å². The molecule has 0 heterocycles. The number of amides is 4. The summed E-state index contributed by atoms with van der Waals surface area (Å²) in [5, 5.41) is 47.0. The van der Waals surface area contributed by atoms with E-state index in [1.54, 1.807) is 6.92 Å². The Balaban J connectivity index is 0. The van der Waals surface area contributed by atoms with Gasteiger partial charge in [-0.1, -0.05) is 106 Å². The molecule has 0 saturated carbocycles. The number of halogens is 1. The number of ether oxygens (including phenoxy) is 4. The number of carbonyl (C=O) groups is 10. The minimum absolute atomic E-state index is 0.000287. The molecule has 0 rings (SSSR count). The van der Waals surface area contributed by atoms with Crippen molar-refractivity contribution in [1.82, 2.24) is 21.3 Å². The van der Waals surface area contributed by atoms with Crippen LogP contribution in [0, 0.1) is 5.92 Å². The maximum absolute atomic E-state index is 12.3. The molecule has 0 radical (unpaired) electrons. The van der Waals surface area contributed by atoms with E-state index in [0.717, 1.165) is 38.5 Å². The van der Waals surface area contributed by atoms with Crippen molar-refractivity contribution >= 4 is 75.0 Å². The zero-order valence-corrected chi connectivity index (χ0v) is 47.8. The number of aliphatic carboxylic acids is 4. The van der Waals surface area contributed by atoms with Gasteiger partial charge in [0.2, 0.25) is 23.6 Å². The summed E-state index contributed by atoms with van der Waals surface area (Å²) < 4.78 is 20.8. The van der Waals surface area contributed by atoms with Crippen molar-refractivity contribution < 1.29 is 87.3 Å². The van der Waals surface area contributed by atoms with E-state index < -0.39 is 53.6 Å². The third kappa shape index (κ3) is 51.9. The summed E-state index contributed by atoms with van der Waals surface area (Å²) in [5.41, 5.74) is 0. The van der Waals surface area contributed by atoms with E-state index in [-0.39, 0.29) is 107 Å². The molecule has 77 heavy (non-hydrogen) atoms. The smallest absolute Gasteiger partial charge is 0.326 e. The lowest BCUT2D eigenvalue weighted by atomic mass is 9.94. The van der Waals surface area contributed by atoms with E-state index in [4.69, 9.17) is 24.1 Å². The molecule has 0 unspecified atom stereocenters. The molecule has 22 nitrogen and oxygen atoms in total. The van der Waals surface area contributed by atoms with E-state index in [0.29, 0.717) is 71.6 Å². The number of rotatable bonds is 54. The molecular formula is C54H95BrN4O18. The highest BCUT2D eigenvalue weighted by molar-refractivity contribution is 9.09. The fraction of sp³-hybridized carbons (Fsp3) is 0.815. The molecule has 0 aromatic heterocycles. The topological polar surface area (TPSA) is 337 Å². The third-order valence-electron chi connectivity index (χ3n) is 12.0. The van der Waals surface area contributed by atoms with E-state index in [2.05, 4.69) is 37.2 Å². The van der Waals surface area contributed by atoms with Gasteiger partial charge in [-0.2, -0.15) is 0 Å². The van der Waals surface area contributed by atoms with Gasteiger partial charge in [0.1, 0.15) is 31.1 Å². The summed E-state index contributed by atoms with van der Waals surface area (Å²) in [4.78, 5) is 116. The molecule has 0 bridgehead atoms. The molecule has 0 fully saturated rings. The highest BCUT2D eigenvalue weighted by Crippen LogP contribution is 2.17. The van der Waals surface area contributed by atoms with Gasteiger partial charge in [-0.15, -0.1) is 0 Å². The molecule has 23 heteroatoms.